The number of ether oxygens (including phenoxy) is 2. The SMILES string of the molecule is Fc1cc2c3c(c1F)N(c1ccccc1)c1ccccc1B3c1cc3c(cc1O2)Oc1cc(F)c(F)c2c1B3c1ccccc1N2c1ccccc1. The van der Waals surface area contributed by atoms with Gasteiger partial charge in [-0.15, -0.1) is 0 Å². The number of fused-ring (bicyclic) bond motifs is 8. The fraction of sp³-hybridized carbons (Fsp3) is 0. The molecule has 4 aliphatic rings. The van der Waals surface area contributed by atoms with E-state index in [9.17, 15) is 0 Å². The van der Waals surface area contributed by atoms with Crippen molar-refractivity contribution in [1.82, 2.24) is 0 Å². The fourth-order valence-electron chi connectivity index (χ4n) is 8.59. The standard InChI is InChI=1S/C42H22B2F4N2O2/c45-29-20-35-37-41(39(29)47)49(23-11-3-1-4-12-23)31-17-9-7-15-25(31)43(37)27-19-28-34(22-33(27)51-35)52-36-21-30(46)40(48)42-38(36)44(28)26-16-8-10-18-32(26)50(42)24-13-5-2-6-14-24/h1-22H. The summed E-state index contributed by atoms with van der Waals surface area (Å²) in [5, 5.41) is 0. The Morgan fingerprint density at radius 2 is 0.808 bits per heavy atom. The molecule has 0 aromatic heterocycles. The van der Waals surface area contributed by atoms with Gasteiger partial charge < -0.3 is 19.3 Å². The molecule has 4 heterocycles. The first-order valence-corrected chi connectivity index (χ1v) is 16.9. The Hall–Kier alpha value is -6.41. The van der Waals surface area contributed by atoms with Gasteiger partial charge in [-0.25, -0.2) is 17.6 Å². The predicted molar refractivity (Wildman–Crippen MR) is 198 cm³/mol. The molecule has 0 aliphatic carbocycles. The summed E-state index contributed by atoms with van der Waals surface area (Å²) in [4.78, 5) is 3.49. The van der Waals surface area contributed by atoms with Gasteiger partial charge in [-0.2, -0.15) is 0 Å². The number of hydrogen-bond acceptors (Lipinski definition) is 4. The molecule has 0 N–H and O–H groups in total. The number of anilines is 6. The second-order valence-electron chi connectivity index (χ2n) is 13.3. The van der Waals surface area contributed by atoms with Crippen molar-refractivity contribution < 1.29 is 27.0 Å². The molecular weight excluding hydrogens is 662 g/mol. The third-order valence-electron chi connectivity index (χ3n) is 10.6. The fourth-order valence-corrected chi connectivity index (χ4v) is 8.59. The second-order valence-corrected chi connectivity index (χ2v) is 13.3. The van der Waals surface area contributed by atoms with E-state index in [0.717, 1.165) is 34.0 Å². The van der Waals surface area contributed by atoms with Crippen LogP contribution in [0.1, 0.15) is 0 Å². The first-order chi connectivity index (χ1) is 25.5. The number of nitrogens with zero attached hydrogens (tertiary/aromatic N) is 2. The maximum absolute atomic E-state index is 16.3. The van der Waals surface area contributed by atoms with Crippen molar-refractivity contribution in [2.24, 2.45) is 0 Å². The molecule has 0 atom stereocenters. The summed E-state index contributed by atoms with van der Waals surface area (Å²) >= 11 is 0. The summed E-state index contributed by atoms with van der Waals surface area (Å²) < 4.78 is 76.5. The van der Waals surface area contributed by atoms with E-state index in [1.807, 2.05) is 115 Å². The molecule has 0 saturated carbocycles. The van der Waals surface area contributed by atoms with Crippen LogP contribution in [0, 0.1) is 23.3 Å². The monoisotopic (exact) mass is 684 g/mol. The minimum atomic E-state index is -1.04. The van der Waals surface area contributed by atoms with Gasteiger partial charge in [-0.05, 0) is 58.2 Å². The number of rotatable bonds is 2. The number of para-hydroxylation sites is 4. The lowest BCUT2D eigenvalue weighted by atomic mass is 9.31. The van der Waals surface area contributed by atoms with E-state index >= 15 is 17.6 Å². The molecule has 11 rings (SSSR count). The molecule has 0 spiro atoms. The highest BCUT2D eigenvalue weighted by atomic mass is 19.2. The largest absolute Gasteiger partial charge is 0.458 e. The van der Waals surface area contributed by atoms with Crippen LogP contribution < -0.4 is 52.1 Å². The Balaban J connectivity index is 1.18. The van der Waals surface area contributed by atoms with Gasteiger partial charge >= 0.3 is 0 Å². The van der Waals surface area contributed by atoms with E-state index < -0.39 is 36.7 Å². The van der Waals surface area contributed by atoms with Gasteiger partial charge in [0.2, 0.25) is 0 Å². The van der Waals surface area contributed by atoms with Gasteiger partial charge in [-0.1, -0.05) is 78.9 Å². The molecule has 0 amide bonds. The van der Waals surface area contributed by atoms with Crippen LogP contribution in [0.5, 0.6) is 23.0 Å². The quantitative estimate of drug-likeness (QED) is 0.144. The molecule has 52 heavy (non-hydrogen) atoms. The Morgan fingerprint density at radius 1 is 0.404 bits per heavy atom. The Bertz CT molecular complexity index is 2500. The molecule has 246 valence electrons. The highest BCUT2D eigenvalue weighted by molar-refractivity contribution is 7.02. The van der Waals surface area contributed by atoms with Gasteiger partial charge in [0.25, 0.3) is 13.4 Å². The van der Waals surface area contributed by atoms with Crippen molar-refractivity contribution in [2.75, 3.05) is 9.80 Å². The third-order valence-corrected chi connectivity index (χ3v) is 10.6. The summed E-state index contributed by atoms with van der Waals surface area (Å²) in [6, 6.07) is 39.9. The van der Waals surface area contributed by atoms with Crippen LogP contribution in [-0.2, 0) is 0 Å². The number of halogens is 4. The van der Waals surface area contributed by atoms with Crippen molar-refractivity contribution in [1.29, 1.82) is 0 Å². The summed E-state index contributed by atoms with van der Waals surface area (Å²) in [6.45, 7) is -1.09. The lowest BCUT2D eigenvalue weighted by molar-refractivity contribution is 0.451. The zero-order valence-electron chi connectivity index (χ0n) is 27.1. The zero-order chi connectivity index (χ0) is 34.8. The Kier molecular flexibility index (Phi) is 5.95. The molecule has 0 radical (unpaired) electrons. The molecule has 10 heteroatoms. The van der Waals surface area contributed by atoms with Crippen LogP contribution in [0.25, 0.3) is 0 Å². The van der Waals surface area contributed by atoms with Crippen LogP contribution >= 0.6 is 0 Å². The molecule has 4 nitrogen and oxygen atoms in total. The van der Waals surface area contributed by atoms with E-state index in [-0.39, 0.29) is 22.9 Å². The first-order valence-electron chi connectivity index (χ1n) is 16.9. The van der Waals surface area contributed by atoms with Crippen molar-refractivity contribution in [2.45, 2.75) is 0 Å². The molecule has 7 aromatic carbocycles. The minimum Gasteiger partial charge on any atom is -0.458 e. The molecule has 0 bridgehead atoms. The molecule has 0 unspecified atom stereocenters. The van der Waals surface area contributed by atoms with E-state index in [4.69, 9.17) is 9.47 Å². The summed E-state index contributed by atoms with van der Waals surface area (Å²) in [7, 11) is 0. The van der Waals surface area contributed by atoms with E-state index in [0.29, 0.717) is 45.2 Å². The smallest absolute Gasteiger partial charge is 0.256 e. The van der Waals surface area contributed by atoms with Crippen LogP contribution in [-0.4, -0.2) is 13.4 Å². The summed E-state index contributed by atoms with van der Waals surface area (Å²) in [6.07, 6.45) is 0. The highest BCUT2D eigenvalue weighted by Crippen LogP contribution is 2.45. The molecular formula is C42H22B2F4N2O2. The number of hydrogen-bond donors (Lipinski definition) is 0. The van der Waals surface area contributed by atoms with Gasteiger partial charge in [0, 0.05) is 51.9 Å². The third kappa shape index (κ3) is 3.83. The highest BCUT2D eigenvalue weighted by Gasteiger charge is 2.48. The zero-order valence-corrected chi connectivity index (χ0v) is 27.1. The maximum Gasteiger partial charge on any atom is 0.256 e. The average Bonchev–Trinajstić information content (AvgIpc) is 3.18. The van der Waals surface area contributed by atoms with Crippen molar-refractivity contribution in [3.8, 4) is 23.0 Å². The predicted octanol–water partition coefficient (Wildman–Crippen LogP) is 7.05. The van der Waals surface area contributed by atoms with Gasteiger partial charge in [0.05, 0.1) is 11.4 Å². The molecule has 0 fully saturated rings. The lowest BCUT2D eigenvalue weighted by Gasteiger charge is -2.42. The Labute approximate surface area is 296 Å². The number of benzene rings is 7. The van der Waals surface area contributed by atoms with Crippen LogP contribution in [0.2, 0.25) is 0 Å². The van der Waals surface area contributed by atoms with Gasteiger partial charge in [0.15, 0.2) is 23.3 Å². The maximum atomic E-state index is 16.3. The Morgan fingerprint density at radius 3 is 1.25 bits per heavy atom. The van der Waals surface area contributed by atoms with Crippen LogP contribution in [0.4, 0.5) is 51.7 Å². The lowest BCUT2D eigenvalue weighted by Crippen LogP contribution is -2.63. The van der Waals surface area contributed by atoms with Crippen molar-refractivity contribution >= 4 is 80.3 Å². The van der Waals surface area contributed by atoms with Crippen molar-refractivity contribution in [3.63, 3.8) is 0 Å². The van der Waals surface area contributed by atoms with Gasteiger partial charge in [0.1, 0.15) is 23.0 Å². The summed E-state index contributed by atoms with van der Waals surface area (Å²) in [5.41, 5.74) is 7.10. The minimum absolute atomic E-state index is 0.0798. The van der Waals surface area contributed by atoms with Gasteiger partial charge in [-0.3, -0.25) is 0 Å². The molecule has 0 saturated heterocycles. The van der Waals surface area contributed by atoms with Crippen LogP contribution in [0.3, 0.4) is 0 Å². The molecule has 7 aromatic rings. The van der Waals surface area contributed by atoms with E-state index in [2.05, 4.69) is 0 Å². The topological polar surface area (TPSA) is 24.9 Å². The van der Waals surface area contributed by atoms with E-state index in [1.54, 1.807) is 15.9 Å². The normalized spacial score (nSPS) is 13.9. The van der Waals surface area contributed by atoms with E-state index in [1.165, 1.54) is 0 Å². The van der Waals surface area contributed by atoms with Crippen LogP contribution in [0.15, 0.2) is 133 Å². The average molecular weight is 684 g/mol. The summed E-state index contributed by atoms with van der Waals surface area (Å²) in [5.74, 6) is -2.85. The molecule has 4 aliphatic heterocycles. The van der Waals surface area contributed by atoms with Crippen molar-refractivity contribution in [3.05, 3.63) is 157 Å². The second kappa shape index (κ2) is 10.6. The first kappa shape index (κ1) is 29.3.